The molecule has 0 aromatic heterocycles. The van der Waals surface area contributed by atoms with Crippen molar-refractivity contribution in [1.29, 1.82) is 0 Å². The van der Waals surface area contributed by atoms with Gasteiger partial charge in [-0.25, -0.2) is 4.79 Å². The first-order valence-electron chi connectivity index (χ1n) is 11.8. The zero-order valence-corrected chi connectivity index (χ0v) is 19.3. The van der Waals surface area contributed by atoms with E-state index in [-0.39, 0.29) is 5.41 Å². The maximum absolute atomic E-state index is 9.53. The predicted molar refractivity (Wildman–Crippen MR) is 127 cm³/mol. The molecule has 2 aliphatic heterocycles. The zero-order chi connectivity index (χ0) is 23.7. The number of piperidine rings is 1. The number of nitrogens with zero attached hydrogens (tertiary/aromatic N) is 1. The van der Waals surface area contributed by atoms with Crippen molar-refractivity contribution in [2.24, 2.45) is 0 Å². The lowest BCUT2D eigenvalue weighted by Crippen LogP contribution is -3.12. The summed E-state index contributed by atoms with van der Waals surface area (Å²) in [5, 5.41) is 17.2. The number of quaternary nitrogens is 1. The van der Waals surface area contributed by atoms with Gasteiger partial charge in [0.15, 0.2) is 0 Å². The van der Waals surface area contributed by atoms with Gasteiger partial charge in [-0.1, -0.05) is 48.5 Å². The van der Waals surface area contributed by atoms with E-state index in [1.165, 1.54) is 68.7 Å². The number of fused-ring (bicyclic) bond motifs is 1. The highest BCUT2D eigenvalue weighted by Crippen LogP contribution is 2.44. The van der Waals surface area contributed by atoms with Crippen molar-refractivity contribution in [3.63, 3.8) is 0 Å². The number of carboxylic acid groups (broad SMARTS) is 2. The SMILES string of the molecule is CC1(c2ccccc2)CN(CCC[NH+]2CCCCC2)c2ccccc21.O=C([O-])/C=C\C(=O)O. The van der Waals surface area contributed by atoms with Gasteiger partial charge in [-0.05, 0) is 49.5 Å². The summed E-state index contributed by atoms with van der Waals surface area (Å²) in [5.74, 6) is -2.80. The van der Waals surface area contributed by atoms with Crippen molar-refractivity contribution in [3.8, 4) is 0 Å². The molecule has 4 rings (SSSR count). The number of rotatable bonds is 7. The summed E-state index contributed by atoms with van der Waals surface area (Å²) in [7, 11) is 0. The Morgan fingerprint density at radius 1 is 1.03 bits per heavy atom. The maximum Gasteiger partial charge on any atom is 0.328 e. The van der Waals surface area contributed by atoms with Crippen LogP contribution in [0, 0.1) is 0 Å². The van der Waals surface area contributed by atoms with Crippen LogP contribution < -0.4 is 14.9 Å². The smallest absolute Gasteiger partial charge is 0.328 e. The molecule has 1 atom stereocenters. The van der Waals surface area contributed by atoms with Crippen LogP contribution in [-0.2, 0) is 15.0 Å². The van der Waals surface area contributed by atoms with Crippen LogP contribution in [0.1, 0.15) is 43.7 Å². The molecule has 0 amide bonds. The van der Waals surface area contributed by atoms with Gasteiger partial charge in [0.25, 0.3) is 0 Å². The fourth-order valence-corrected chi connectivity index (χ4v) is 4.98. The van der Waals surface area contributed by atoms with Crippen LogP contribution in [0.15, 0.2) is 66.7 Å². The van der Waals surface area contributed by atoms with E-state index in [9.17, 15) is 14.7 Å². The van der Waals surface area contributed by atoms with Gasteiger partial charge < -0.3 is 24.8 Å². The molecule has 0 spiro atoms. The van der Waals surface area contributed by atoms with Crippen molar-refractivity contribution < 1.29 is 24.7 Å². The third-order valence-corrected chi connectivity index (χ3v) is 6.64. The number of carboxylic acids is 2. The number of benzene rings is 2. The van der Waals surface area contributed by atoms with Gasteiger partial charge in [0.05, 0.1) is 25.6 Å². The van der Waals surface area contributed by atoms with Crippen LogP contribution in [0.3, 0.4) is 0 Å². The molecular formula is C27H34N2O4. The number of carbonyl (C=O) groups excluding carboxylic acids is 1. The highest BCUT2D eigenvalue weighted by molar-refractivity contribution is 5.88. The molecule has 0 aliphatic carbocycles. The topological polar surface area (TPSA) is 85.1 Å². The normalized spacial score (nSPS) is 20.2. The number of aliphatic carboxylic acids is 2. The Balaban J connectivity index is 0.000000331. The summed E-state index contributed by atoms with van der Waals surface area (Å²) >= 11 is 0. The number of likely N-dealkylation sites (tertiary alicyclic amines) is 1. The number of hydrogen-bond donors (Lipinski definition) is 2. The molecule has 2 heterocycles. The molecule has 1 fully saturated rings. The molecule has 0 bridgehead atoms. The van der Waals surface area contributed by atoms with E-state index in [1.807, 2.05) is 4.90 Å². The van der Waals surface area contributed by atoms with Crippen molar-refractivity contribution in [2.75, 3.05) is 37.6 Å². The molecule has 6 nitrogen and oxygen atoms in total. The van der Waals surface area contributed by atoms with Crippen LogP contribution in [-0.4, -0.2) is 49.8 Å². The molecule has 1 unspecified atom stereocenters. The summed E-state index contributed by atoms with van der Waals surface area (Å²) < 4.78 is 0. The minimum atomic E-state index is -1.51. The van der Waals surface area contributed by atoms with E-state index >= 15 is 0 Å². The van der Waals surface area contributed by atoms with Gasteiger partial charge in [-0.3, -0.25) is 0 Å². The summed E-state index contributed by atoms with van der Waals surface area (Å²) in [6.45, 7) is 8.81. The third kappa shape index (κ3) is 6.68. The summed E-state index contributed by atoms with van der Waals surface area (Å²) in [4.78, 5) is 23.4. The Bertz CT molecular complexity index is 938. The number of para-hydroxylation sites is 1. The summed E-state index contributed by atoms with van der Waals surface area (Å²) in [5.41, 5.74) is 4.48. The Hall–Kier alpha value is -3.12. The minimum Gasteiger partial charge on any atom is -0.545 e. The van der Waals surface area contributed by atoms with E-state index in [1.54, 1.807) is 0 Å². The van der Waals surface area contributed by atoms with Crippen LogP contribution in [0.25, 0.3) is 0 Å². The molecule has 2 aliphatic rings. The lowest BCUT2D eigenvalue weighted by atomic mass is 9.78. The first kappa shape index (κ1) is 24.5. The summed E-state index contributed by atoms with van der Waals surface area (Å²) in [6.07, 6.45) is 6.53. The van der Waals surface area contributed by atoms with Crippen LogP contribution in [0.4, 0.5) is 5.69 Å². The predicted octanol–water partition coefficient (Wildman–Crippen LogP) is 1.65. The monoisotopic (exact) mass is 450 g/mol. The van der Waals surface area contributed by atoms with Gasteiger partial charge in [-0.15, -0.1) is 0 Å². The number of hydrogen-bond acceptors (Lipinski definition) is 4. The van der Waals surface area contributed by atoms with Crippen molar-refractivity contribution in [3.05, 3.63) is 77.9 Å². The molecule has 1 saturated heterocycles. The van der Waals surface area contributed by atoms with E-state index in [0.717, 1.165) is 6.54 Å². The number of nitrogens with one attached hydrogen (secondary N) is 1. The highest BCUT2D eigenvalue weighted by atomic mass is 16.4. The lowest BCUT2D eigenvalue weighted by molar-refractivity contribution is -0.904. The molecule has 33 heavy (non-hydrogen) atoms. The quantitative estimate of drug-likeness (QED) is 0.627. The molecule has 2 N–H and O–H groups in total. The van der Waals surface area contributed by atoms with Gasteiger partial charge in [0.2, 0.25) is 0 Å². The number of anilines is 1. The highest BCUT2D eigenvalue weighted by Gasteiger charge is 2.39. The van der Waals surface area contributed by atoms with E-state index in [0.29, 0.717) is 12.2 Å². The van der Waals surface area contributed by atoms with Crippen LogP contribution in [0.5, 0.6) is 0 Å². The van der Waals surface area contributed by atoms with E-state index < -0.39 is 11.9 Å². The van der Waals surface area contributed by atoms with Gasteiger partial charge >= 0.3 is 5.97 Å². The fourth-order valence-electron chi connectivity index (χ4n) is 4.98. The van der Waals surface area contributed by atoms with Crippen molar-refractivity contribution >= 4 is 17.6 Å². The average molecular weight is 451 g/mol. The maximum atomic E-state index is 9.53. The van der Waals surface area contributed by atoms with Crippen molar-refractivity contribution in [1.82, 2.24) is 0 Å². The van der Waals surface area contributed by atoms with Gasteiger partial charge in [0.1, 0.15) is 0 Å². The molecular weight excluding hydrogens is 416 g/mol. The second-order valence-corrected chi connectivity index (χ2v) is 9.04. The number of carbonyl (C=O) groups is 2. The average Bonchev–Trinajstić information content (AvgIpc) is 3.13. The minimum absolute atomic E-state index is 0.107. The summed E-state index contributed by atoms with van der Waals surface area (Å²) in [6, 6.07) is 20.1. The Morgan fingerprint density at radius 3 is 2.33 bits per heavy atom. The van der Waals surface area contributed by atoms with Gasteiger partial charge in [0, 0.05) is 36.7 Å². The Kier molecular flexibility index (Phi) is 8.66. The third-order valence-electron chi connectivity index (χ3n) is 6.64. The Labute approximate surface area is 196 Å². The van der Waals surface area contributed by atoms with Crippen LogP contribution in [0.2, 0.25) is 0 Å². The Morgan fingerprint density at radius 2 is 1.70 bits per heavy atom. The van der Waals surface area contributed by atoms with E-state index in [4.69, 9.17) is 5.11 Å². The first-order chi connectivity index (χ1) is 15.9. The van der Waals surface area contributed by atoms with Crippen LogP contribution >= 0.6 is 0 Å². The molecule has 0 saturated carbocycles. The van der Waals surface area contributed by atoms with Crippen molar-refractivity contribution in [2.45, 2.75) is 38.0 Å². The molecule has 6 heteroatoms. The molecule has 0 radical (unpaired) electrons. The second kappa shape index (κ2) is 11.7. The zero-order valence-electron chi connectivity index (χ0n) is 19.3. The molecule has 2 aromatic carbocycles. The fraction of sp³-hybridized carbons (Fsp3) is 0.407. The first-order valence-corrected chi connectivity index (χ1v) is 11.8. The standard InChI is InChI=1S/C23H30N2.C4H4O4/c1-23(20-11-4-2-5-12-20)19-25(22-14-7-6-13-21(22)23)18-10-17-24-15-8-3-9-16-24;5-3(6)1-2-4(7)8/h2,4-7,11-14H,3,8-10,15-19H2,1H3;1-2H,(H,5,6)(H,7,8)/b;2-1-. The second-order valence-electron chi connectivity index (χ2n) is 9.04. The lowest BCUT2D eigenvalue weighted by Gasteiger charge is -2.28. The van der Waals surface area contributed by atoms with E-state index in [2.05, 4.69) is 66.4 Å². The molecule has 176 valence electrons. The van der Waals surface area contributed by atoms with Gasteiger partial charge in [-0.2, -0.15) is 0 Å². The molecule has 2 aromatic rings. The largest absolute Gasteiger partial charge is 0.545 e.